The van der Waals surface area contributed by atoms with Crippen LogP contribution >= 0.6 is 0 Å². The molecule has 2 heterocycles. The van der Waals surface area contributed by atoms with Gasteiger partial charge >= 0.3 is 6.09 Å². The van der Waals surface area contributed by atoms with Gasteiger partial charge in [-0.05, 0) is 32.9 Å². The Morgan fingerprint density at radius 2 is 2.18 bits per heavy atom. The molecule has 1 aromatic heterocycles. The van der Waals surface area contributed by atoms with Crippen LogP contribution in [-0.4, -0.2) is 41.2 Å². The van der Waals surface area contributed by atoms with Crippen LogP contribution in [-0.2, 0) is 4.74 Å². The Morgan fingerprint density at radius 3 is 2.91 bits per heavy atom. The molecular weight excluding hydrogens is 282 g/mol. The second kappa shape index (κ2) is 5.61. The fraction of sp³-hybridized carbons (Fsp3) is 0.500. The van der Waals surface area contributed by atoms with E-state index in [2.05, 4.69) is 10.3 Å². The van der Waals surface area contributed by atoms with Gasteiger partial charge in [0, 0.05) is 19.6 Å². The van der Waals surface area contributed by atoms with Crippen LogP contribution in [0.5, 0.6) is 0 Å². The highest BCUT2D eigenvalue weighted by Gasteiger charge is 2.30. The van der Waals surface area contributed by atoms with Crippen LogP contribution in [0.4, 0.5) is 4.79 Å². The quantitative estimate of drug-likeness (QED) is 0.877. The molecule has 1 atom stereocenters. The van der Waals surface area contributed by atoms with E-state index in [-0.39, 0.29) is 12.1 Å². The standard InChI is InChI=1S/C16H21N3O3/c1-16(2,3)22-15(20)19-9-8-17-12(10-19)14-18-11-6-4-5-7-13(11)21-14/h4-7,12,17H,8-10H2,1-3H3. The minimum absolute atomic E-state index is 0.117. The molecule has 1 aliphatic heterocycles. The minimum atomic E-state index is -0.491. The van der Waals surface area contributed by atoms with E-state index in [1.807, 2.05) is 45.0 Å². The van der Waals surface area contributed by atoms with Crippen molar-refractivity contribution in [3.05, 3.63) is 30.2 Å². The third-order valence-corrected chi connectivity index (χ3v) is 3.44. The molecule has 1 aliphatic rings. The van der Waals surface area contributed by atoms with Gasteiger partial charge in [0.1, 0.15) is 17.2 Å². The van der Waals surface area contributed by atoms with Crippen molar-refractivity contribution in [2.75, 3.05) is 19.6 Å². The minimum Gasteiger partial charge on any atom is -0.444 e. The van der Waals surface area contributed by atoms with Gasteiger partial charge in [-0.25, -0.2) is 9.78 Å². The number of rotatable bonds is 1. The summed E-state index contributed by atoms with van der Waals surface area (Å²) in [7, 11) is 0. The number of nitrogens with zero attached hydrogens (tertiary/aromatic N) is 2. The lowest BCUT2D eigenvalue weighted by Gasteiger charge is -2.33. The van der Waals surface area contributed by atoms with E-state index in [1.54, 1.807) is 4.90 Å². The summed E-state index contributed by atoms with van der Waals surface area (Å²) in [5, 5.41) is 3.34. The Bertz CT molecular complexity index is 642. The Kier molecular flexibility index (Phi) is 3.78. The summed E-state index contributed by atoms with van der Waals surface area (Å²) in [6.07, 6.45) is -0.296. The maximum atomic E-state index is 12.2. The number of carbonyl (C=O) groups is 1. The smallest absolute Gasteiger partial charge is 0.410 e. The fourth-order valence-electron chi connectivity index (χ4n) is 2.45. The topological polar surface area (TPSA) is 67.6 Å². The van der Waals surface area contributed by atoms with Crippen LogP contribution < -0.4 is 5.32 Å². The van der Waals surface area contributed by atoms with E-state index < -0.39 is 5.60 Å². The zero-order valence-corrected chi connectivity index (χ0v) is 13.1. The number of hydrogen-bond acceptors (Lipinski definition) is 5. The van der Waals surface area contributed by atoms with Crippen molar-refractivity contribution in [2.24, 2.45) is 0 Å². The average Bonchev–Trinajstić information content (AvgIpc) is 2.89. The third-order valence-electron chi connectivity index (χ3n) is 3.44. The average molecular weight is 303 g/mol. The molecule has 2 aromatic rings. The number of ether oxygens (including phenoxy) is 1. The Hall–Kier alpha value is -2.08. The van der Waals surface area contributed by atoms with Gasteiger partial charge in [-0.15, -0.1) is 0 Å². The summed E-state index contributed by atoms with van der Waals surface area (Å²) < 4.78 is 11.2. The maximum absolute atomic E-state index is 12.2. The number of para-hydroxylation sites is 2. The van der Waals surface area contributed by atoms with E-state index in [4.69, 9.17) is 9.15 Å². The van der Waals surface area contributed by atoms with Crippen LogP contribution in [0, 0.1) is 0 Å². The first-order chi connectivity index (χ1) is 10.4. The first-order valence-corrected chi connectivity index (χ1v) is 7.49. The van der Waals surface area contributed by atoms with Crippen LogP contribution in [0.1, 0.15) is 32.7 Å². The van der Waals surface area contributed by atoms with E-state index in [0.717, 1.165) is 11.1 Å². The first kappa shape index (κ1) is 14.8. The van der Waals surface area contributed by atoms with E-state index >= 15 is 0 Å². The molecule has 0 bridgehead atoms. The molecule has 1 N–H and O–H groups in total. The van der Waals surface area contributed by atoms with E-state index in [0.29, 0.717) is 25.5 Å². The number of oxazole rings is 1. The Morgan fingerprint density at radius 1 is 1.41 bits per heavy atom. The second-order valence-electron chi connectivity index (χ2n) is 6.45. The van der Waals surface area contributed by atoms with E-state index in [9.17, 15) is 4.79 Å². The van der Waals surface area contributed by atoms with Gasteiger partial charge in [0.2, 0.25) is 5.89 Å². The largest absolute Gasteiger partial charge is 0.444 e. The van der Waals surface area contributed by atoms with Gasteiger partial charge in [0.15, 0.2) is 5.58 Å². The zero-order valence-electron chi connectivity index (χ0n) is 13.1. The molecule has 0 spiro atoms. The van der Waals surface area contributed by atoms with Crippen molar-refractivity contribution in [2.45, 2.75) is 32.4 Å². The number of carbonyl (C=O) groups excluding carboxylic acids is 1. The molecule has 1 saturated heterocycles. The molecule has 22 heavy (non-hydrogen) atoms. The number of hydrogen-bond donors (Lipinski definition) is 1. The fourth-order valence-corrected chi connectivity index (χ4v) is 2.45. The highest BCUT2D eigenvalue weighted by Crippen LogP contribution is 2.23. The molecule has 0 radical (unpaired) electrons. The molecule has 1 unspecified atom stereocenters. The monoisotopic (exact) mass is 303 g/mol. The molecular formula is C16H21N3O3. The summed E-state index contributed by atoms with van der Waals surface area (Å²) in [5.41, 5.74) is 1.09. The summed E-state index contributed by atoms with van der Waals surface area (Å²) in [6.45, 7) is 7.39. The zero-order chi connectivity index (χ0) is 15.7. The van der Waals surface area contributed by atoms with Crippen molar-refractivity contribution in [1.29, 1.82) is 0 Å². The van der Waals surface area contributed by atoms with Crippen molar-refractivity contribution in [1.82, 2.24) is 15.2 Å². The molecule has 1 aromatic carbocycles. The van der Waals surface area contributed by atoms with Crippen molar-refractivity contribution in [3.8, 4) is 0 Å². The summed E-state index contributed by atoms with van der Waals surface area (Å²) in [6, 6.07) is 7.53. The van der Waals surface area contributed by atoms with Gasteiger partial charge < -0.3 is 19.4 Å². The number of fused-ring (bicyclic) bond motifs is 1. The lowest BCUT2D eigenvalue weighted by molar-refractivity contribution is 0.0187. The number of nitrogens with one attached hydrogen (secondary N) is 1. The van der Waals surface area contributed by atoms with Gasteiger partial charge in [-0.2, -0.15) is 0 Å². The molecule has 0 aliphatic carbocycles. The van der Waals surface area contributed by atoms with Crippen molar-refractivity contribution in [3.63, 3.8) is 0 Å². The normalized spacial score (nSPS) is 19.4. The Balaban J connectivity index is 1.74. The van der Waals surface area contributed by atoms with Gasteiger partial charge in [0.25, 0.3) is 0 Å². The van der Waals surface area contributed by atoms with E-state index in [1.165, 1.54) is 0 Å². The molecule has 1 amide bonds. The third kappa shape index (κ3) is 3.22. The van der Waals surface area contributed by atoms with Gasteiger partial charge in [0.05, 0.1) is 0 Å². The van der Waals surface area contributed by atoms with Gasteiger partial charge in [-0.3, -0.25) is 0 Å². The SMILES string of the molecule is CC(C)(C)OC(=O)N1CCNC(c2nc3ccccc3o2)C1. The van der Waals surface area contributed by atoms with Crippen LogP contribution in [0.15, 0.2) is 28.7 Å². The predicted octanol–water partition coefficient (Wildman–Crippen LogP) is 2.71. The summed E-state index contributed by atoms with van der Waals surface area (Å²) in [5.74, 6) is 0.606. The number of benzene rings is 1. The predicted molar refractivity (Wildman–Crippen MR) is 82.6 cm³/mol. The number of amides is 1. The van der Waals surface area contributed by atoms with Crippen molar-refractivity contribution < 1.29 is 13.9 Å². The molecule has 0 saturated carbocycles. The molecule has 6 heteroatoms. The summed E-state index contributed by atoms with van der Waals surface area (Å²) in [4.78, 5) is 18.4. The molecule has 118 valence electrons. The Labute approximate surface area is 129 Å². The maximum Gasteiger partial charge on any atom is 0.410 e. The lowest BCUT2D eigenvalue weighted by atomic mass is 10.2. The van der Waals surface area contributed by atoms with Crippen LogP contribution in [0.3, 0.4) is 0 Å². The van der Waals surface area contributed by atoms with Crippen molar-refractivity contribution >= 4 is 17.2 Å². The van der Waals surface area contributed by atoms with Gasteiger partial charge in [-0.1, -0.05) is 12.1 Å². The molecule has 1 fully saturated rings. The number of piperazine rings is 1. The van der Waals surface area contributed by atoms with Crippen LogP contribution in [0.2, 0.25) is 0 Å². The molecule has 6 nitrogen and oxygen atoms in total. The number of aromatic nitrogens is 1. The molecule has 3 rings (SSSR count). The highest BCUT2D eigenvalue weighted by molar-refractivity contribution is 5.72. The lowest BCUT2D eigenvalue weighted by Crippen LogP contribution is -2.49. The second-order valence-corrected chi connectivity index (χ2v) is 6.45. The van der Waals surface area contributed by atoms with Crippen LogP contribution in [0.25, 0.3) is 11.1 Å². The first-order valence-electron chi connectivity index (χ1n) is 7.49. The summed E-state index contributed by atoms with van der Waals surface area (Å²) >= 11 is 0. The highest BCUT2D eigenvalue weighted by atomic mass is 16.6.